The van der Waals surface area contributed by atoms with Crippen LogP contribution >= 0.6 is 0 Å². The van der Waals surface area contributed by atoms with Crippen molar-refractivity contribution in [3.63, 3.8) is 0 Å². The maximum absolute atomic E-state index is 5.15. The van der Waals surface area contributed by atoms with Gasteiger partial charge in [0, 0.05) is 32.5 Å². The Balaban J connectivity index is 0.000000605. The molecule has 0 saturated heterocycles. The van der Waals surface area contributed by atoms with Crippen molar-refractivity contribution in [3.05, 3.63) is 18.2 Å². The van der Waals surface area contributed by atoms with Gasteiger partial charge in [-0.1, -0.05) is 0 Å². The van der Waals surface area contributed by atoms with Gasteiger partial charge >= 0.3 is 0 Å². The van der Waals surface area contributed by atoms with E-state index in [1.54, 1.807) is 12.4 Å². The summed E-state index contributed by atoms with van der Waals surface area (Å²) in [5.74, 6) is 1.35. The number of hydrogen-bond acceptors (Lipinski definition) is 3. The summed E-state index contributed by atoms with van der Waals surface area (Å²) in [4.78, 5) is 11.0. The van der Waals surface area contributed by atoms with Crippen LogP contribution in [0.4, 0.5) is 0 Å². The number of aromatic nitrogens is 2. The van der Waals surface area contributed by atoms with Crippen LogP contribution in [0.5, 0.6) is 0 Å². The van der Waals surface area contributed by atoms with Gasteiger partial charge in [-0.2, -0.15) is 0 Å². The summed E-state index contributed by atoms with van der Waals surface area (Å²) in [7, 11) is 0. The zero-order valence-electron chi connectivity index (χ0n) is 5.70. The number of aromatic amines is 1. The number of aliphatic imine (C=N–C) groups is 1. The largest absolute Gasteiger partial charge is 0.473 e. The second-order valence-corrected chi connectivity index (χ2v) is 1.97. The van der Waals surface area contributed by atoms with Crippen molar-refractivity contribution in [2.45, 2.75) is 0 Å². The Bertz CT molecular complexity index is 244. The van der Waals surface area contributed by atoms with Crippen molar-refractivity contribution in [3.8, 4) is 0 Å². The van der Waals surface area contributed by atoms with E-state index in [9.17, 15) is 0 Å². The number of nitrogens with zero attached hydrogens (tertiary/aromatic N) is 2. The van der Waals surface area contributed by atoms with Crippen molar-refractivity contribution in [2.24, 2.45) is 4.99 Å². The Morgan fingerprint density at radius 2 is 2.45 bits per heavy atom. The summed E-state index contributed by atoms with van der Waals surface area (Å²) in [6.45, 7) is 1.42. The minimum absolute atomic E-state index is 0. The Kier molecular flexibility index (Phi) is 2.79. The summed E-state index contributed by atoms with van der Waals surface area (Å²) < 4.78 is 5.15. The van der Waals surface area contributed by atoms with Crippen LogP contribution in [0.25, 0.3) is 0 Å². The van der Waals surface area contributed by atoms with Gasteiger partial charge in [-0.05, 0) is 0 Å². The molecule has 1 aliphatic rings. The van der Waals surface area contributed by atoms with Crippen LogP contribution in [0, 0.1) is 0 Å². The van der Waals surface area contributed by atoms with Gasteiger partial charge in [0.15, 0.2) is 5.82 Å². The third-order valence-electron chi connectivity index (χ3n) is 1.29. The third kappa shape index (κ3) is 1.67. The van der Waals surface area contributed by atoms with Crippen molar-refractivity contribution in [2.75, 3.05) is 13.2 Å². The van der Waals surface area contributed by atoms with Gasteiger partial charge in [-0.25, -0.2) is 9.98 Å². The number of rotatable bonds is 1. The Labute approximate surface area is 77.4 Å². The summed E-state index contributed by atoms with van der Waals surface area (Å²) >= 11 is 0. The van der Waals surface area contributed by atoms with E-state index in [1.165, 1.54) is 0 Å². The average Bonchev–Trinajstić information content (AvgIpc) is 2.59. The maximum atomic E-state index is 5.15. The summed E-state index contributed by atoms with van der Waals surface area (Å²) in [5, 5.41) is 0. The van der Waals surface area contributed by atoms with Crippen LogP contribution in [0.2, 0.25) is 0 Å². The molecule has 0 fully saturated rings. The van der Waals surface area contributed by atoms with E-state index >= 15 is 0 Å². The molecule has 5 heteroatoms. The molecule has 0 spiro atoms. The van der Waals surface area contributed by atoms with E-state index in [1.807, 2.05) is 0 Å². The van der Waals surface area contributed by atoms with Crippen molar-refractivity contribution >= 4 is 5.90 Å². The topological polar surface area (TPSA) is 50.3 Å². The van der Waals surface area contributed by atoms with E-state index in [0.29, 0.717) is 12.5 Å². The molecule has 4 nitrogen and oxygen atoms in total. The first kappa shape index (κ1) is 8.43. The molecule has 0 amide bonds. The van der Waals surface area contributed by atoms with Gasteiger partial charge < -0.3 is 9.72 Å². The molecular weight excluding hydrogens is 322 g/mol. The van der Waals surface area contributed by atoms with Gasteiger partial charge in [-0.15, -0.1) is 0 Å². The van der Waals surface area contributed by atoms with Gasteiger partial charge in [0.1, 0.15) is 6.61 Å². The first-order valence-electron chi connectivity index (χ1n) is 3.14. The molecule has 1 N–H and O–H groups in total. The quantitative estimate of drug-likeness (QED) is 0.799. The van der Waals surface area contributed by atoms with E-state index < -0.39 is 0 Å². The summed E-state index contributed by atoms with van der Waals surface area (Å²) in [5.41, 5.74) is 0. The first-order chi connectivity index (χ1) is 4.97. The zero-order chi connectivity index (χ0) is 6.81. The van der Waals surface area contributed by atoms with Crippen LogP contribution in [-0.2, 0) is 24.8 Å². The predicted octanol–water partition coefficient (Wildman–Crippen LogP) is 0.184. The first-order valence-corrected chi connectivity index (χ1v) is 3.14. The molecule has 0 unspecified atom stereocenters. The fourth-order valence-electron chi connectivity index (χ4n) is 0.861. The fraction of sp³-hybridized carbons (Fsp3) is 0.333. The van der Waals surface area contributed by atoms with E-state index in [2.05, 4.69) is 15.0 Å². The molecule has 0 aromatic carbocycles. The fourth-order valence-corrected chi connectivity index (χ4v) is 0.861. The van der Waals surface area contributed by atoms with E-state index in [4.69, 9.17) is 4.74 Å². The molecule has 0 aliphatic carbocycles. The molecule has 0 bridgehead atoms. The Morgan fingerprint density at radius 3 is 3.00 bits per heavy atom. The average molecular weight is 329 g/mol. The number of nitrogens with one attached hydrogen (secondary N) is 1. The minimum atomic E-state index is 0. The van der Waals surface area contributed by atoms with Gasteiger partial charge in [0.05, 0.1) is 6.54 Å². The monoisotopic (exact) mass is 330 g/mol. The van der Waals surface area contributed by atoms with Crippen molar-refractivity contribution < 1.29 is 24.8 Å². The summed E-state index contributed by atoms with van der Waals surface area (Å²) in [6, 6.07) is 0. The second-order valence-electron chi connectivity index (χ2n) is 1.97. The number of H-pyrrole nitrogens is 1. The molecule has 61 valence electrons. The summed E-state index contributed by atoms with van der Waals surface area (Å²) in [6.07, 6.45) is 3.43. The van der Waals surface area contributed by atoms with E-state index in [0.717, 1.165) is 12.4 Å². The van der Waals surface area contributed by atoms with Crippen LogP contribution in [0.3, 0.4) is 0 Å². The number of ether oxygens (including phenoxy) is 1. The van der Waals surface area contributed by atoms with Crippen LogP contribution in [0.1, 0.15) is 5.82 Å². The Hall–Kier alpha value is -0.671. The van der Waals surface area contributed by atoms with E-state index in [-0.39, 0.29) is 20.1 Å². The van der Waals surface area contributed by atoms with Crippen molar-refractivity contribution in [1.82, 2.24) is 9.97 Å². The standard InChI is InChI=1S/C6H7N3O.Ir/c1-2-8-5(7-1)6-9-3-4-10-6;/h1-2H,3-4H2,(H,7,8);. The van der Waals surface area contributed by atoms with Gasteiger partial charge in [0.25, 0.3) is 5.90 Å². The molecule has 11 heavy (non-hydrogen) atoms. The van der Waals surface area contributed by atoms with Crippen molar-refractivity contribution in [1.29, 1.82) is 0 Å². The molecule has 2 heterocycles. The number of hydrogen-bond donors (Lipinski definition) is 1. The molecule has 1 aromatic rings. The van der Waals surface area contributed by atoms with Crippen LogP contribution in [-0.4, -0.2) is 29.0 Å². The second kappa shape index (κ2) is 3.64. The molecular formula is C6H7IrN3O. The SMILES string of the molecule is [Ir].c1c[nH]c(C2=NCCO2)n1. The van der Waals surface area contributed by atoms with Gasteiger partial charge in [0.2, 0.25) is 0 Å². The minimum Gasteiger partial charge on any atom is -0.473 e. The normalized spacial score (nSPS) is 15.1. The van der Waals surface area contributed by atoms with Gasteiger partial charge in [-0.3, -0.25) is 0 Å². The molecule has 2 rings (SSSR count). The molecule has 0 atom stereocenters. The predicted molar refractivity (Wildman–Crippen MR) is 35.9 cm³/mol. The molecule has 0 saturated carbocycles. The molecule has 1 aliphatic heterocycles. The smallest absolute Gasteiger partial charge is 0.253 e. The molecule has 1 aromatic heterocycles. The maximum Gasteiger partial charge on any atom is 0.253 e. The van der Waals surface area contributed by atoms with Crippen LogP contribution in [0.15, 0.2) is 17.4 Å². The zero-order valence-corrected chi connectivity index (χ0v) is 8.10. The number of imidazole rings is 1. The van der Waals surface area contributed by atoms with Crippen LogP contribution < -0.4 is 0 Å². The Morgan fingerprint density at radius 1 is 1.55 bits per heavy atom. The third-order valence-corrected chi connectivity index (χ3v) is 1.29. The molecule has 1 radical (unpaired) electrons.